The molecule has 0 bridgehead atoms. The molecule has 1 aliphatic heterocycles. The van der Waals surface area contributed by atoms with E-state index in [-0.39, 0.29) is 5.91 Å². The summed E-state index contributed by atoms with van der Waals surface area (Å²) >= 11 is 0. The third-order valence-electron chi connectivity index (χ3n) is 3.30. The minimum absolute atomic E-state index is 0.0632. The molecular formula is C15H15N3O. The zero-order chi connectivity index (χ0) is 13.1. The number of pyridine rings is 1. The summed E-state index contributed by atoms with van der Waals surface area (Å²) in [5.74, 6) is -0.0632. The fourth-order valence-electron chi connectivity index (χ4n) is 2.38. The number of rotatable bonds is 2. The summed E-state index contributed by atoms with van der Waals surface area (Å²) in [6.07, 6.45) is 4.23. The lowest BCUT2D eigenvalue weighted by Crippen LogP contribution is -2.26. The van der Waals surface area contributed by atoms with Gasteiger partial charge in [-0.3, -0.25) is 9.78 Å². The standard InChI is InChI=1S/C15H15N3O/c19-15(18-12-4-2-7-16-10-12)14-5-1-3-11-9-17-8-6-13(11)14/h1-5,7,10,17H,6,8-9H2,(H,18,19). The normalized spacial score (nSPS) is 13.7. The van der Waals surface area contributed by atoms with Crippen molar-refractivity contribution in [1.82, 2.24) is 10.3 Å². The van der Waals surface area contributed by atoms with Crippen LogP contribution in [0.15, 0.2) is 42.7 Å². The van der Waals surface area contributed by atoms with Crippen LogP contribution in [0.3, 0.4) is 0 Å². The summed E-state index contributed by atoms with van der Waals surface area (Å²) in [4.78, 5) is 16.3. The highest BCUT2D eigenvalue weighted by Crippen LogP contribution is 2.19. The molecule has 2 N–H and O–H groups in total. The number of fused-ring (bicyclic) bond motifs is 1. The molecule has 1 aliphatic rings. The van der Waals surface area contributed by atoms with Crippen LogP contribution in [-0.4, -0.2) is 17.4 Å². The van der Waals surface area contributed by atoms with Crippen molar-refractivity contribution in [1.29, 1.82) is 0 Å². The largest absolute Gasteiger partial charge is 0.321 e. The Hall–Kier alpha value is -2.20. The zero-order valence-electron chi connectivity index (χ0n) is 10.5. The third kappa shape index (κ3) is 2.48. The molecule has 0 unspecified atom stereocenters. The highest BCUT2D eigenvalue weighted by molar-refractivity contribution is 6.05. The molecule has 1 amide bonds. The second-order valence-corrected chi connectivity index (χ2v) is 4.57. The van der Waals surface area contributed by atoms with Crippen molar-refractivity contribution < 1.29 is 4.79 Å². The molecule has 1 aromatic carbocycles. The van der Waals surface area contributed by atoms with Crippen LogP contribution in [-0.2, 0) is 13.0 Å². The number of nitrogens with zero attached hydrogens (tertiary/aromatic N) is 1. The van der Waals surface area contributed by atoms with Gasteiger partial charge in [0.25, 0.3) is 5.91 Å². The van der Waals surface area contributed by atoms with Crippen LogP contribution in [0.5, 0.6) is 0 Å². The number of benzene rings is 1. The summed E-state index contributed by atoms with van der Waals surface area (Å²) in [6, 6.07) is 9.53. The molecule has 2 aromatic rings. The van der Waals surface area contributed by atoms with Gasteiger partial charge in [0, 0.05) is 18.3 Å². The second-order valence-electron chi connectivity index (χ2n) is 4.57. The van der Waals surface area contributed by atoms with Crippen molar-refractivity contribution >= 4 is 11.6 Å². The molecular weight excluding hydrogens is 238 g/mol. The van der Waals surface area contributed by atoms with Gasteiger partial charge in [-0.15, -0.1) is 0 Å². The van der Waals surface area contributed by atoms with Crippen molar-refractivity contribution in [2.75, 3.05) is 11.9 Å². The first-order valence-electron chi connectivity index (χ1n) is 6.37. The average Bonchev–Trinajstić information content (AvgIpc) is 2.47. The first-order chi connectivity index (χ1) is 9.34. The smallest absolute Gasteiger partial charge is 0.255 e. The highest BCUT2D eigenvalue weighted by atomic mass is 16.1. The highest BCUT2D eigenvalue weighted by Gasteiger charge is 2.17. The van der Waals surface area contributed by atoms with Gasteiger partial charge in [-0.2, -0.15) is 0 Å². The van der Waals surface area contributed by atoms with Crippen LogP contribution in [0.4, 0.5) is 5.69 Å². The topological polar surface area (TPSA) is 54.0 Å². The van der Waals surface area contributed by atoms with Crippen molar-refractivity contribution in [3.63, 3.8) is 0 Å². The van der Waals surface area contributed by atoms with E-state index in [2.05, 4.69) is 21.7 Å². The molecule has 1 aromatic heterocycles. The lowest BCUT2D eigenvalue weighted by atomic mass is 9.95. The van der Waals surface area contributed by atoms with Gasteiger partial charge in [-0.25, -0.2) is 0 Å². The van der Waals surface area contributed by atoms with Crippen LogP contribution in [0, 0.1) is 0 Å². The monoisotopic (exact) mass is 253 g/mol. The van der Waals surface area contributed by atoms with Crippen LogP contribution in [0.2, 0.25) is 0 Å². The number of hydrogen-bond donors (Lipinski definition) is 2. The van der Waals surface area contributed by atoms with E-state index in [0.717, 1.165) is 36.3 Å². The van der Waals surface area contributed by atoms with Crippen molar-refractivity contribution in [2.45, 2.75) is 13.0 Å². The van der Waals surface area contributed by atoms with Gasteiger partial charge < -0.3 is 10.6 Å². The quantitative estimate of drug-likeness (QED) is 0.860. The van der Waals surface area contributed by atoms with Gasteiger partial charge in [0.2, 0.25) is 0 Å². The first-order valence-corrected chi connectivity index (χ1v) is 6.37. The lowest BCUT2D eigenvalue weighted by molar-refractivity contribution is 0.102. The van der Waals surface area contributed by atoms with Crippen LogP contribution < -0.4 is 10.6 Å². The average molecular weight is 253 g/mol. The molecule has 19 heavy (non-hydrogen) atoms. The third-order valence-corrected chi connectivity index (χ3v) is 3.30. The maximum absolute atomic E-state index is 12.3. The number of hydrogen-bond acceptors (Lipinski definition) is 3. The molecule has 0 fully saturated rings. The summed E-state index contributed by atoms with van der Waals surface area (Å²) < 4.78 is 0. The fraction of sp³-hybridized carbons (Fsp3) is 0.200. The van der Waals surface area contributed by atoms with Crippen molar-refractivity contribution in [3.8, 4) is 0 Å². The molecule has 0 aliphatic carbocycles. The number of carbonyl (C=O) groups is 1. The number of amides is 1. The van der Waals surface area contributed by atoms with Gasteiger partial charge in [0.05, 0.1) is 11.9 Å². The van der Waals surface area contributed by atoms with E-state index >= 15 is 0 Å². The van der Waals surface area contributed by atoms with Gasteiger partial charge in [0.1, 0.15) is 0 Å². The Morgan fingerprint density at radius 2 is 2.21 bits per heavy atom. The Bertz CT molecular complexity index is 596. The van der Waals surface area contributed by atoms with E-state index in [1.807, 2.05) is 18.2 Å². The van der Waals surface area contributed by atoms with Crippen molar-refractivity contribution in [3.05, 3.63) is 59.4 Å². The summed E-state index contributed by atoms with van der Waals surface area (Å²) in [5.41, 5.74) is 3.86. The molecule has 0 saturated heterocycles. The van der Waals surface area contributed by atoms with Crippen LogP contribution in [0.1, 0.15) is 21.5 Å². The van der Waals surface area contributed by atoms with Gasteiger partial charge in [0.15, 0.2) is 0 Å². The Morgan fingerprint density at radius 1 is 1.26 bits per heavy atom. The summed E-state index contributed by atoms with van der Waals surface area (Å²) in [7, 11) is 0. The molecule has 4 heteroatoms. The van der Waals surface area contributed by atoms with E-state index in [4.69, 9.17) is 0 Å². The maximum atomic E-state index is 12.3. The molecule has 0 spiro atoms. The maximum Gasteiger partial charge on any atom is 0.255 e. The zero-order valence-corrected chi connectivity index (χ0v) is 10.5. The predicted molar refractivity (Wildman–Crippen MR) is 74.0 cm³/mol. The Morgan fingerprint density at radius 3 is 3.05 bits per heavy atom. The Balaban J connectivity index is 1.88. The summed E-state index contributed by atoms with van der Waals surface area (Å²) in [5, 5.41) is 6.20. The molecule has 0 saturated carbocycles. The van der Waals surface area contributed by atoms with Crippen LogP contribution >= 0.6 is 0 Å². The summed E-state index contributed by atoms with van der Waals surface area (Å²) in [6.45, 7) is 1.76. The lowest BCUT2D eigenvalue weighted by Gasteiger charge is -2.19. The predicted octanol–water partition coefficient (Wildman–Crippen LogP) is 1.98. The Labute approximate surface area is 111 Å². The van der Waals surface area contributed by atoms with E-state index < -0.39 is 0 Å². The molecule has 2 heterocycles. The van der Waals surface area contributed by atoms with Crippen LogP contribution in [0.25, 0.3) is 0 Å². The molecule has 0 radical (unpaired) electrons. The fourth-order valence-corrected chi connectivity index (χ4v) is 2.38. The van der Waals surface area contributed by atoms with E-state index in [1.165, 1.54) is 5.56 Å². The van der Waals surface area contributed by atoms with Gasteiger partial charge in [-0.05, 0) is 42.3 Å². The molecule has 0 atom stereocenters. The van der Waals surface area contributed by atoms with E-state index in [1.54, 1.807) is 18.5 Å². The number of nitrogens with one attached hydrogen (secondary N) is 2. The number of aromatic nitrogens is 1. The minimum atomic E-state index is -0.0632. The number of carbonyl (C=O) groups excluding carboxylic acids is 1. The first kappa shape index (κ1) is 11.9. The molecule has 96 valence electrons. The van der Waals surface area contributed by atoms with E-state index in [0.29, 0.717) is 0 Å². The SMILES string of the molecule is O=C(Nc1cccnc1)c1cccc2c1CCNC2. The second kappa shape index (κ2) is 5.20. The Kier molecular flexibility index (Phi) is 3.25. The number of anilines is 1. The molecule has 4 nitrogen and oxygen atoms in total. The van der Waals surface area contributed by atoms with E-state index in [9.17, 15) is 4.79 Å². The minimum Gasteiger partial charge on any atom is -0.321 e. The van der Waals surface area contributed by atoms with Crippen molar-refractivity contribution in [2.24, 2.45) is 0 Å². The molecule has 3 rings (SSSR count). The van der Waals surface area contributed by atoms with Gasteiger partial charge in [-0.1, -0.05) is 12.1 Å². The van der Waals surface area contributed by atoms with Gasteiger partial charge >= 0.3 is 0 Å².